The summed E-state index contributed by atoms with van der Waals surface area (Å²) in [6, 6.07) is 7.81. The van der Waals surface area contributed by atoms with Crippen molar-refractivity contribution < 1.29 is 14.0 Å². The topological polar surface area (TPSA) is 114 Å². The minimum absolute atomic E-state index is 0.0797. The van der Waals surface area contributed by atoms with Crippen molar-refractivity contribution in [1.82, 2.24) is 4.90 Å². The largest absolute Gasteiger partial charge is 0.398 e. The molecule has 2 aromatic rings. The van der Waals surface area contributed by atoms with Crippen LogP contribution in [-0.2, 0) is 15.1 Å². The van der Waals surface area contributed by atoms with E-state index in [0.29, 0.717) is 35.6 Å². The maximum absolute atomic E-state index is 15.1. The second kappa shape index (κ2) is 9.80. The molecule has 0 aromatic heterocycles. The lowest BCUT2D eigenvalue weighted by Gasteiger charge is -2.33. The number of primary amides is 1. The molecule has 2 aromatic carbocycles. The van der Waals surface area contributed by atoms with Gasteiger partial charge in [-0.15, -0.1) is 0 Å². The van der Waals surface area contributed by atoms with E-state index in [1.165, 1.54) is 18.2 Å². The Hall–Kier alpha value is -3.10. The number of nitrogens with two attached hydrogens (primary N) is 2. The average molecular weight is 492 g/mol. The van der Waals surface area contributed by atoms with Gasteiger partial charge < -0.3 is 21.7 Å². The molecule has 1 aliphatic heterocycles. The van der Waals surface area contributed by atoms with Gasteiger partial charge in [0.1, 0.15) is 12.4 Å². The molecule has 33 heavy (non-hydrogen) atoms. The number of hydrogen-bond donors (Lipinski definition) is 3. The third kappa shape index (κ3) is 5.12. The van der Waals surface area contributed by atoms with Gasteiger partial charge in [-0.1, -0.05) is 29.8 Å². The number of likely N-dealkylation sites (tertiary alicyclic amines) is 1. The summed E-state index contributed by atoms with van der Waals surface area (Å²) in [5, 5.41) is 3.63. The van der Waals surface area contributed by atoms with Gasteiger partial charge >= 0.3 is 0 Å². The number of carbonyl (C=O) groups excluding carboxylic acids is 2. The van der Waals surface area contributed by atoms with Crippen LogP contribution in [0.1, 0.15) is 24.5 Å². The molecule has 10 heteroatoms. The Kier molecular flexibility index (Phi) is 7.29. The molecule has 0 radical (unpaired) electrons. The number of amides is 2. The number of hydrogen-bond acceptors (Lipinski definition) is 5. The zero-order valence-corrected chi connectivity index (χ0v) is 19.5. The van der Waals surface area contributed by atoms with Gasteiger partial charge in [-0.05, 0) is 49.8 Å². The lowest BCUT2D eigenvalue weighted by Crippen LogP contribution is -2.41. The summed E-state index contributed by atoms with van der Waals surface area (Å²) in [5.41, 5.74) is 12.7. The highest BCUT2D eigenvalue weighted by atomic mass is 35.5. The van der Waals surface area contributed by atoms with Gasteiger partial charge in [0.2, 0.25) is 11.8 Å². The molecule has 1 heterocycles. The number of anilines is 2. The Balaban J connectivity index is 2.02. The van der Waals surface area contributed by atoms with E-state index in [0.717, 1.165) is 0 Å². The molecule has 0 saturated carbocycles. The van der Waals surface area contributed by atoms with E-state index in [1.807, 2.05) is 0 Å². The smallest absolute Gasteiger partial charge is 0.246 e. The van der Waals surface area contributed by atoms with Crippen LogP contribution in [0.15, 0.2) is 48.0 Å². The number of nitrogen functional groups attached to an aromatic ring is 1. The van der Waals surface area contributed by atoms with Gasteiger partial charge in [0.25, 0.3) is 0 Å². The predicted octanol–water partition coefficient (Wildman–Crippen LogP) is 3.73. The fourth-order valence-electron chi connectivity index (χ4n) is 3.99. The standard InChI is InChI=1S/C23H24Cl2FN5O2/c1-3-20(33)31-9-8-23(12-31,21-17(26)7-6-16(24)22(21)25)30-14-4-5-15(18(27)10-14)13(2)29-11-19(28)32/h3-7,10,30H,1,8-9,11-12,27H2,2H3,(H2,28,32)/t23-/m1/s1. The van der Waals surface area contributed by atoms with Crippen molar-refractivity contribution in [1.29, 1.82) is 0 Å². The highest BCUT2D eigenvalue weighted by molar-refractivity contribution is 6.42. The second-order valence-corrected chi connectivity index (χ2v) is 8.59. The van der Waals surface area contributed by atoms with Crippen LogP contribution in [0.3, 0.4) is 0 Å². The molecule has 0 bridgehead atoms. The van der Waals surface area contributed by atoms with Crippen LogP contribution >= 0.6 is 23.2 Å². The molecular weight excluding hydrogens is 468 g/mol. The van der Waals surface area contributed by atoms with Crippen LogP contribution in [0.5, 0.6) is 0 Å². The summed E-state index contributed by atoms with van der Waals surface area (Å²) in [7, 11) is 0. The molecule has 3 rings (SSSR count). The highest BCUT2D eigenvalue weighted by Gasteiger charge is 2.44. The van der Waals surface area contributed by atoms with Gasteiger partial charge in [0.15, 0.2) is 0 Å². The fraction of sp³-hybridized carbons (Fsp3) is 0.261. The molecule has 1 saturated heterocycles. The average Bonchev–Trinajstić information content (AvgIpc) is 3.19. The quantitative estimate of drug-likeness (QED) is 0.237. The third-order valence-electron chi connectivity index (χ3n) is 5.58. The highest BCUT2D eigenvalue weighted by Crippen LogP contribution is 2.43. The van der Waals surface area contributed by atoms with E-state index in [-0.39, 0.29) is 34.6 Å². The van der Waals surface area contributed by atoms with Gasteiger partial charge in [0, 0.05) is 41.3 Å². The number of nitrogens with one attached hydrogen (secondary N) is 1. The molecule has 1 fully saturated rings. The summed E-state index contributed by atoms with van der Waals surface area (Å²) in [6.07, 6.45) is 1.59. The molecule has 7 nitrogen and oxygen atoms in total. The van der Waals surface area contributed by atoms with E-state index in [1.54, 1.807) is 30.0 Å². The molecule has 2 amide bonds. The molecule has 1 aliphatic rings. The first-order chi connectivity index (χ1) is 15.6. The first kappa shape index (κ1) is 24.5. The van der Waals surface area contributed by atoms with Gasteiger partial charge in [-0.3, -0.25) is 14.6 Å². The van der Waals surface area contributed by atoms with Crippen LogP contribution in [0.2, 0.25) is 10.0 Å². The first-order valence-corrected chi connectivity index (χ1v) is 10.9. The Morgan fingerprint density at radius 3 is 2.70 bits per heavy atom. The number of benzene rings is 2. The Bertz CT molecular complexity index is 1150. The van der Waals surface area contributed by atoms with E-state index in [2.05, 4.69) is 16.9 Å². The predicted molar refractivity (Wildman–Crippen MR) is 130 cm³/mol. The maximum atomic E-state index is 15.1. The van der Waals surface area contributed by atoms with Crippen LogP contribution in [0.25, 0.3) is 0 Å². The van der Waals surface area contributed by atoms with Crippen LogP contribution in [-0.4, -0.2) is 42.1 Å². The van der Waals surface area contributed by atoms with Crippen molar-refractivity contribution >= 4 is 52.1 Å². The minimum Gasteiger partial charge on any atom is -0.398 e. The number of rotatable bonds is 7. The van der Waals surface area contributed by atoms with Crippen molar-refractivity contribution in [3.63, 3.8) is 0 Å². The van der Waals surface area contributed by atoms with Crippen molar-refractivity contribution in [3.8, 4) is 0 Å². The van der Waals surface area contributed by atoms with E-state index < -0.39 is 17.3 Å². The summed E-state index contributed by atoms with van der Waals surface area (Å²) in [6.45, 7) is 5.63. The number of halogens is 3. The summed E-state index contributed by atoms with van der Waals surface area (Å²) < 4.78 is 15.1. The summed E-state index contributed by atoms with van der Waals surface area (Å²) >= 11 is 12.6. The van der Waals surface area contributed by atoms with Crippen LogP contribution in [0, 0.1) is 5.82 Å². The van der Waals surface area contributed by atoms with Crippen molar-refractivity contribution in [2.75, 3.05) is 30.7 Å². The molecule has 1 atom stereocenters. The summed E-state index contributed by atoms with van der Waals surface area (Å²) in [5.74, 6) is -1.36. The normalized spacial score (nSPS) is 18.3. The monoisotopic (exact) mass is 491 g/mol. The number of nitrogens with zero attached hydrogens (tertiary/aromatic N) is 2. The Labute approximate surface area is 201 Å². The summed E-state index contributed by atoms with van der Waals surface area (Å²) in [4.78, 5) is 29.0. The molecule has 174 valence electrons. The fourth-order valence-corrected chi connectivity index (χ4v) is 4.48. The lowest BCUT2D eigenvalue weighted by atomic mass is 9.87. The van der Waals surface area contributed by atoms with Gasteiger partial charge in [0.05, 0.1) is 15.6 Å². The lowest BCUT2D eigenvalue weighted by molar-refractivity contribution is -0.125. The minimum atomic E-state index is -1.05. The molecular formula is C23H24Cl2FN5O2. The zero-order chi connectivity index (χ0) is 24.3. The number of aliphatic imine (C=N–C) groups is 1. The van der Waals surface area contributed by atoms with E-state index >= 15 is 4.39 Å². The van der Waals surface area contributed by atoms with Crippen LogP contribution in [0.4, 0.5) is 15.8 Å². The van der Waals surface area contributed by atoms with Gasteiger partial charge in [-0.25, -0.2) is 4.39 Å². The Morgan fingerprint density at radius 1 is 1.33 bits per heavy atom. The zero-order valence-electron chi connectivity index (χ0n) is 18.0. The molecule has 0 aliphatic carbocycles. The second-order valence-electron chi connectivity index (χ2n) is 7.81. The SMILES string of the molecule is C=CC(=O)N1CC[C@](Nc2ccc(C(C)=NCC(N)=O)c(N)c2)(c2c(F)ccc(Cl)c2Cl)C1. The van der Waals surface area contributed by atoms with Crippen molar-refractivity contribution in [3.05, 3.63) is 70.0 Å². The molecule has 0 spiro atoms. The Morgan fingerprint density at radius 2 is 2.06 bits per heavy atom. The maximum Gasteiger partial charge on any atom is 0.246 e. The van der Waals surface area contributed by atoms with Crippen LogP contribution < -0.4 is 16.8 Å². The third-order valence-corrected chi connectivity index (χ3v) is 6.38. The first-order valence-electron chi connectivity index (χ1n) is 10.1. The molecule has 5 N–H and O–H groups in total. The van der Waals surface area contributed by atoms with Crippen molar-refractivity contribution in [2.45, 2.75) is 18.9 Å². The number of carbonyl (C=O) groups is 2. The molecule has 0 unspecified atom stereocenters. The van der Waals surface area contributed by atoms with E-state index in [9.17, 15) is 9.59 Å². The van der Waals surface area contributed by atoms with Gasteiger partial charge in [-0.2, -0.15) is 0 Å². The van der Waals surface area contributed by atoms with Crippen molar-refractivity contribution in [2.24, 2.45) is 10.7 Å². The van der Waals surface area contributed by atoms with E-state index in [4.69, 9.17) is 34.7 Å².